The number of hydrogen-bond acceptors (Lipinski definition) is 3. The number of aryl methyl sites for hydroxylation is 1. The summed E-state index contributed by atoms with van der Waals surface area (Å²) in [5.41, 5.74) is 0.415. The Kier molecular flexibility index (Phi) is 3.38. The van der Waals surface area contributed by atoms with Crippen LogP contribution in [0.25, 0.3) is 0 Å². The Morgan fingerprint density at radius 1 is 1.32 bits per heavy atom. The fourth-order valence-electron chi connectivity index (χ4n) is 2.13. The van der Waals surface area contributed by atoms with Crippen LogP contribution in [-0.4, -0.2) is 25.2 Å². The van der Waals surface area contributed by atoms with Crippen LogP contribution in [0.1, 0.15) is 12.0 Å². The fourth-order valence-corrected chi connectivity index (χ4v) is 2.13. The first-order valence-electron chi connectivity index (χ1n) is 5.59. The van der Waals surface area contributed by atoms with Gasteiger partial charge < -0.3 is 9.64 Å². The molecule has 1 fully saturated rings. The summed E-state index contributed by atoms with van der Waals surface area (Å²) < 4.78 is 54.0. The van der Waals surface area contributed by atoms with Crippen LogP contribution < -0.4 is 9.64 Å². The molecule has 0 spiro atoms. The molecule has 2 rings (SSSR count). The van der Waals surface area contributed by atoms with Gasteiger partial charge in [0.25, 0.3) is 0 Å². The highest BCUT2D eigenvalue weighted by Crippen LogP contribution is 2.37. The molecule has 0 amide bonds. The normalized spacial score (nSPS) is 16.1. The molecule has 1 aliphatic heterocycles. The van der Waals surface area contributed by atoms with Crippen LogP contribution in [0.4, 0.5) is 23.2 Å². The van der Waals surface area contributed by atoms with E-state index in [2.05, 4.69) is 4.74 Å². The Morgan fingerprint density at radius 3 is 2.53 bits per heavy atom. The minimum atomic E-state index is -4.90. The molecular weight excluding hydrogens is 266 g/mol. The maximum absolute atomic E-state index is 13.2. The number of nitrogens with zero attached hydrogens (tertiary/aromatic N) is 1. The molecule has 1 aromatic rings. The zero-order chi connectivity index (χ0) is 14.2. The summed E-state index contributed by atoms with van der Waals surface area (Å²) in [5, 5.41) is 0. The number of benzene rings is 1. The Labute approximate surface area is 106 Å². The monoisotopic (exact) mass is 277 g/mol. The molecule has 19 heavy (non-hydrogen) atoms. The van der Waals surface area contributed by atoms with Crippen molar-refractivity contribution in [2.75, 3.05) is 18.0 Å². The predicted molar refractivity (Wildman–Crippen MR) is 59.7 cm³/mol. The molecule has 0 N–H and O–H groups in total. The highest BCUT2D eigenvalue weighted by molar-refractivity contribution is 5.88. The van der Waals surface area contributed by atoms with Gasteiger partial charge in [-0.05, 0) is 18.6 Å². The van der Waals surface area contributed by atoms with Crippen molar-refractivity contribution in [3.8, 4) is 5.75 Å². The highest BCUT2D eigenvalue weighted by atomic mass is 19.4. The summed E-state index contributed by atoms with van der Waals surface area (Å²) in [5.74, 6) is -1.49. The van der Waals surface area contributed by atoms with Gasteiger partial charge in [0.2, 0.25) is 0 Å². The molecule has 1 saturated heterocycles. The molecule has 7 heteroatoms. The number of anilines is 1. The third-order valence-corrected chi connectivity index (χ3v) is 2.80. The quantitative estimate of drug-likeness (QED) is 0.778. The standard InChI is InChI=1S/C12H11F4NO2/c1-7-4-8(13)5-10(19-12(14,15)16)11(7)17-3-2-9(18)6-17/h4-5H,2-3,6H2,1H3. The summed E-state index contributed by atoms with van der Waals surface area (Å²) in [6.45, 7) is 1.80. The first kappa shape index (κ1) is 13.6. The number of alkyl halides is 3. The molecule has 1 aromatic carbocycles. The molecule has 0 unspecified atom stereocenters. The molecule has 0 saturated carbocycles. The van der Waals surface area contributed by atoms with Gasteiger partial charge in [-0.1, -0.05) is 0 Å². The Bertz CT molecular complexity index is 513. The van der Waals surface area contributed by atoms with E-state index in [-0.39, 0.29) is 24.4 Å². The van der Waals surface area contributed by atoms with Crippen LogP contribution in [-0.2, 0) is 4.79 Å². The summed E-state index contributed by atoms with van der Waals surface area (Å²) >= 11 is 0. The fraction of sp³-hybridized carbons (Fsp3) is 0.417. The third-order valence-electron chi connectivity index (χ3n) is 2.80. The third kappa shape index (κ3) is 3.15. The maximum Gasteiger partial charge on any atom is 0.573 e. The lowest BCUT2D eigenvalue weighted by atomic mass is 10.1. The minimum Gasteiger partial charge on any atom is -0.403 e. The van der Waals surface area contributed by atoms with E-state index in [1.807, 2.05) is 0 Å². The molecule has 104 valence electrons. The zero-order valence-electron chi connectivity index (χ0n) is 10.1. The molecule has 0 atom stereocenters. The number of ether oxygens (including phenoxy) is 1. The molecular formula is C12H11F4NO2. The number of rotatable bonds is 2. The van der Waals surface area contributed by atoms with Gasteiger partial charge in [-0.15, -0.1) is 13.2 Å². The molecule has 0 aliphatic carbocycles. The predicted octanol–water partition coefficient (Wildman–Crippen LogP) is 2.81. The van der Waals surface area contributed by atoms with Crippen LogP contribution in [0.5, 0.6) is 5.75 Å². The van der Waals surface area contributed by atoms with Crippen LogP contribution in [0.15, 0.2) is 12.1 Å². The smallest absolute Gasteiger partial charge is 0.403 e. The van der Waals surface area contributed by atoms with Gasteiger partial charge in [0.15, 0.2) is 11.5 Å². The van der Waals surface area contributed by atoms with Gasteiger partial charge in [-0.3, -0.25) is 4.79 Å². The van der Waals surface area contributed by atoms with E-state index in [1.54, 1.807) is 0 Å². The molecule has 0 aromatic heterocycles. The van der Waals surface area contributed by atoms with Crippen molar-refractivity contribution in [2.45, 2.75) is 19.7 Å². The molecule has 1 heterocycles. The zero-order valence-corrected chi connectivity index (χ0v) is 10.1. The Morgan fingerprint density at radius 2 is 2.00 bits per heavy atom. The SMILES string of the molecule is Cc1cc(F)cc(OC(F)(F)F)c1N1CCC(=O)C1. The second-order valence-corrected chi connectivity index (χ2v) is 4.33. The number of carbonyl (C=O) groups is 1. The average Bonchev–Trinajstić information content (AvgIpc) is 2.60. The van der Waals surface area contributed by atoms with E-state index in [1.165, 1.54) is 11.8 Å². The molecule has 0 bridgehead atoms. The molecule has 3 nitrogen and oxygen atoms in total. The molecule has 0 radical (unpaired) electrons. The van der Waals surface area contributed by atoms with Crippen LogP contribution in [0, 0.1) is 12.7 Å². The van der Waals surface area contributed by atoms with E-state index >= 15 is 0 Å². The van der Waals surface area contributed by atoms with Gasteiger partial charge in [-0.25, -0.2) is 4.39 Å². The average molecular weight is 277 g/mol. The van der Waals surface area contributed by atoms with Crippen molar-refractivity contribution in [1.82, 2.24) is 0 Å². The minimum absolute atomic E-state index is 0.0146. The van der Waals surface area contributed by atoms with Crippen LogP contribution in [0.3, 0.4) is 0 Å². The van der Waals surface area contributed by atoms with Gasteiger partial charge in [0.05, 0.1) is 12.2 Å². The van der Waals surface area contributed by atoms with E-state index in [9.17, 15) is 22.4 Å². The molecule has 1 aliphatic rings. The Balaban J connectivity index is 2.42. The van der Waals surface area contributed by atoms with Gasteiger partial charge in [0, 0.05) is 19.0 Å². The first-order chi connectivity index (χ1) is 8.76. The number of Topliss-reactive ketones (excluding diaryl/α,β-unsaturated/α-hetero) is 1. The van der Waals surface area contributed by atoms with Crippen molar-refractivity contribution in [1.29, 1.82) is 0 Å². The van der Waals surface area contributed by atoms with Crippen molar-refractivity contribution >= 4 is 11.5 Å². The topological polar surface area (TPSA) is 29.5 Å². The lowest BCUT2D eigenvalue weighted by Crippen LogP contribution is -2.24. The summed E-state index contributed by atoms with van der Waals surface area (Å²) in [4.78, 5) is 12.7. The van der Waals surface area contributed by atoms with E-state index < -0.39 is 17.9 Å². The summed E-state index contributed by atoms with van der Waals surface area (Å²) in [6, 6.07) is 1.79. The van der Waals surface area contributed by atoms with Crippen molar-refractivity contribution in [2.24, 2.45) is 0 Å². The van der Waals surface area contributed by atoms with Gasteiger partial charge >= 0.3 is 6.36 Å². The largest absolute Gasteiger partial charge is 0.573 e. The van der Waals surface area contributed by atoms with E-state index in [4.69, 9.17) is 0 Å². The van der Waals surface area contributed by atoms with E-state index in [0.717, 1.165) is 6.07 Å². The lowest BCUT2D eigenvalue weighted by molar-refractivity contribution is -0.274. The van der Waals surface area contributed by atoms with Crippen molar-refractivity contribution < 1.29 is 27.1 Å². The van der Waals surface area contributed by atoms with E-state index in [0.29, 0.717) is 18.2 Å². The maximum atomic E-state index is 13.2. The lowest BCUT2D eigenvalue weighted by Gasteiger charge is -2.23. The van der Waals surface area contributed by atoms with Crippen LogP contribution in [0.2, 0.25) is 0 Å². The second kappa shape index (κ2) is 4.71. The van der Waals surface area contributed by atoms with Crippen molar-refractivity contribution in [3.63, 3.8) is 0 Å². The van der Waals surface area contributed by atoms with Gasteiger partial charge in [0.1, 0.15) is 5.82 Å². The summed E-state index contributed by atoms with van der Waals surface area (Å²) in [7, 11) is 0. The summed E-state index contributed by atoms with van der Waals surface area (Å²) in [6.07, 6.45) is -4.64. The Hall–Kier alpha value is -1.79. The highest BCUT2D eigenvalue weighted by Gasteiger charge is 2.34. The second-order valence-electron chi connectivity index (χ2n) is 4.33. The van der Waals surface area contributed by atoms with Gasteiger partial charge in [-0.2, -0.15) is 0 Å². The number of ketones is 1. The first-order valence-corrected chi connectivity index (χ1v) is 5.59. The number of halogens is 4. The number of carbonyl (C=O) groups excluding carboxylic acids is 1. The van der Waals surface area contributed by atoms with Crippen molar-refractivity contribution in [3.05, 3.63) is 23.5 Å². The van der Waals surface area contributed by atoms with Crippen LogP contribution >= 0.6 is 0 Å². The number of hydrogen-bond donors (Lipinski definition) is 0.